The zero-order valence-electron chi connectivity index (χ0n) is 10.0. The highest BCUT2D eigenvalue weighted by Crippen LogP contribution is 1.91. The van der Waals surface area contributed by atoms with Crippen molar-refractivity contribution < 1.29 is 24.5 Å². The number of esters is 1. The predicted molar refractivity (Wildman–Crippen MR) is 60.3 cm³/mol. The van der Waals surface area contributed by atoms with Crippen LogP contribution >= 0.6 is 0 Å². The maximum Gasteiger partial charge on any atom is 0.325 e. The van der Waals surface area contributed by atoms with Gasteiger partial charge < -0.3 is 20.3 Å². The summed E-state index contributed by atoms with van der Waals surface area (Å²) < 4.78 is 4.37. The number of methoxy groups -OCH3 is 1. The fourth-order valence-electron chi connectivity index (χ4n) is 1.21. The topological polar surface area (TPSA) is 99.1 Å². The molecule has 17 heavy (non-hydrogen) atoms. The first-order valence-corrected chi connectivity index (χ1v) is 5.41. The van der Waals surface area contributed by atoms with Crippen molar-refractivity contribution in [1.29, 1.82) is 0 Å². The van der Waals surface area contributed by atoms with E-state index in [1.165, 1.54) is 7.11 Å². The van der Waals surface area contributed by atoms with Crippen LogP contribution in [0.5, 0.6) is 0 Å². The van der Waals surface area contributed by atoms with Crippen molar-refractivity contribution in [3.63, 3.8) is 0 Å². The summed E-state index contributed by atoms with van der Waals surface area (Å²) in [6.45, 7) is 1.05. The Morgan fingerprint density at radius 1 is 1.18 bits per heavy atom. The number of aliphatic hydroxyl groups is 2. The maximum atomic E-state index is 11.3. The van der Waals surface area contributed by atoms with Crippen molar-refractivity contribution in [3.05, 3.63) is 0 Å². The minimum Gasteiger partial charge on any atom is -0.468 e. The monoisotopic (exact) mass is 248 g/mol. The lowest BCUT2D eigenvalue weighted by Crippen LogP contribution is -2.36. The van der Waals surface area contributed by atoms with Gasteiger partial charge in [0.05, 0.1) is 20.3 Å². The Morgan fingerprint density at radius 2 is 1.76 bits per heavy atom. The first kappa shape index (κ1) is 15.8. The summed E-state index contributed by atoms with van der Waals surface area (Å²) in [5.41, 5.74) is 0. The molecule has 0 saturated heterocycles. The zero-order valence-corrected chi connectivity index (χ0v) is 10.0. The number of hydrogen-bond donors (Lipinski definition) is 3. The Hall–Kier alpha value is -1.18. The van der Waals surface area contributed by atoms with Crippen molar-refractivity contribution in [2.45, 2.75) is 6.42 Å². The van der Waals surface area contributed by atoms with Crippen molar-refractivity contribution in [3.8, 4) is 0 Å². The molecule has 0 unspecified atom stereocenters. The molecule has 0 spiro atoms. The van der Waals surface area contributed by atoms with Gasteiger partial charge in [0.1, 0.15) is 6.54 Å². The second-order valence-corrected chi connectivity index (χ2v) is 3.39. The lowest BCUT2D eigenvalue weighted by Gasteiger charge is -2.19. The van der Waals surface area contributed by atoms with Crippen LogP contribution in [-0.4, -0.2) is 73.5 Å². The third-order valence-corrected chi connectivity index (χ3v) is 2.15. The van der Waals surface area contributed by atoms with Crippen molar-refractivity contribution >= 4 is 11.9 Å². The average Bonchev–Trinajstić information content (AvgIpc) is 2.33. The molecule has 7 nitrogen and oxygen atoms in total. The van der Waals surface area contributed by atoms with Crippen LogP contribution in [0.4, 0.5) is 0 Å². The van der Waals surface area contributed by atoms with Gasteiger partial charge in [-0.1, -0.05) is 0 Å². The highest BCUT2D eigenvalue weighted by Gasteiger charge is 2.08. The highest BCUT2D eigenvalue weighted by atomic mass is 16.5. The standard InChI is InChI=1S/C10H20N2O5/c1-17-10(16)8-11-9(15)2-3-12(4-6-13)5-7-14/h13-14H,2-8H2,1H3,(H,11,15). The number of rotatable bonds is 9. The fourth-order valence-corrected chi connectivity index (χ4v) is 1.21. The van der Waals surface area contributed by atoms with Gasteiger partial charge in [-0.05, 0) is 0 Å². The van der Waals surface area contributed by atoms with E-state index >= 15 is 0 Å². The number of carbonyl (C=O) groups is 2. The molecular weight excluding hydrogens is 228 g/mol. The van der Waals surface area contributed by atoms with Gasteiger partial charge in [-0.3, -0.25) is 14.5 Å². The first-order valence-electron chi connectivity index (χ1n) is 5.41. The van der Waals surface area contributed by atoms with Crippen LogP contribution in [0.2, 0.25) is 0 Å². The van der Waals surface area contributed by atoms with Crippen LogP contribution in [0, 0.1) is 0 Å². The Balaban J connectivity index is 3.75. The molecule has 0 heterocycles. The number of nitrogens with one attached hydrogen (secondary N) is 1. The zero-order chi connectivity index (χ0) is 13.1. The molecule has 7 heteroatoms. The third kappa shape index (κ3) is 8.61. The number of ether oxygens (including phenoxy) is 1. The van der Waals surface area contributed by atoms with E-state index in [1.807, 2.05) is 0 Å². The molecule has 0 aromatic rings. The predicted octanol–water partition coefficient (Wildman–Crippen LogP) is -2.05. The molecule has 0 saturated carbocycles. The number of amides is 1. The van der Waals surface area contributed by atoms with Gasteiger partial charge in [0, 0.05) is 26.1 Å². The number of aliphatic hydroxyl groups excluding tert-OH is 2. The van der Waals surface area contributed by atoms with Crippen LogP contribution in [0.1, 0.15) is 6.42 Å². The van der Waals surface area contributed by atoms with Crippen LogP contribution in [0.3, 0.4) is 0 Å². The van der Waals surface area contributed by atoms with E-state index in [2.05, 4.69) is 10.1 Å². The summed E-state index contributed by atoms with van der Waals surface area (Å²) in [6.07, 6.45) is 0.205. The van der Waals surface area contributed by atoms with Gasteiger partial charge in [0.15, 0.2) is 0 Å². The third-order valence-electron chi connectivity index (χ3n) is 2.15. The molecule has 0 radical (unpaired) electrons. The Labute approximate surface area is 100 Å². The summed E-state index contributed by atoms with van der Waals surface area (Å²) in [5, 5.41) is 19.9. The molecule has 0 aliphatic heterocycles. The second kappa shape index (κ2) is 10.0. The largest absolute Gasteiger partial charge is 0.468 e. The molecule has 0 aromatic heterocycles. The smallest absolute Gasteiger partial charge is 0.325 e. The van der Waals surface area contributed by atoms with Gasteiger partial charge in [-0.25, -0.2) is 0 Å². The molecule has 0 atom stereocenters. The van der Waals surface area contributed by atoms with Gasteiger partial charge in [0.25, 0.3) is 0 Å². The summed E-state index contributed by atoms with van der Waals surface area (Å²) in [4.78, 5) is 23.8. The SMILES string of the molecule is COC(=O)CNC(=O)CCN(CCO)CCO. The minimum atomic E-state index is -0.499. The molecule has 100 valence electrons. The Bertz CT molecular complexity index is 229. The minimum absolute atomic E-state index is 0.0240. The molecule has 0 bridgehead atoms. The maximum absolute atomic E-state index is 11.3. The van der Waals surface area contributed by atoms with Crippen LogP contribution in [0.15, 0.2) is 0 Å². The fraction of sp³-hybridized carbons (Fsp3) is 0.800. The lowest BCUT2D eigenvalue weighted by atomic mass is 10.3. The van der Waals surface area contributed by atoms with Crippen molar-refractivity contribution in [2.75, 3.05) is 46.5 Å². The number of carbonyl (C=O) groups excluding carboxylic acids is 2. The van der Waals surface area contributed by atoms with E-state index in [0.717, 1.165) is 0 Å². The molecule has 0 fully saturated rings. The Morgan fingerprint density at radius 3 is 2.24 bits per heavy atom. The van der Waals surface area contributed by atoms with E-state index in [1.54, 1.807) is 4.90 Å². The molecule has 0 rings (SSSR count). The van der Waals surface area contributed by atoms with Crippen LogP contribution in [0.25, 0.3) is 0 Å². The molecule has 3 N–H and O–H groups in total. The van der Waals surface area contributed by atoms with Crippen LogP contribution in [-0.2, 0) is 14.3 Å². The molecular formula is C10H20N2O5. The highest BCUT2D eigenvalue weighted by molar-refractivity contribution is 5.81. The van der Waals surface area contributed by atoms with E-state index < -0.39 is 5.97 Å². The number of hydrogen-bond acceptors (Lipinski definition) is 6. The van der Waals surface area contributed by atoms with Gasteiger partial charge in [0.2, 0.25) is 5.91 Å². The summed E-state index contributed by atoms with van der Waals surface area (Å²) in [7, 11) is 1.25. The molecule has 0 aliphatic rings. The lowest BCUT2D eigenvalue weighted by molar-refractivity contribution is -0.141. The quantitative estimate of drug-likeness (QED) is 0.406. The summed E-state index contributed by atoms with van der Waals surface area (Å²) in [6, 6.07) is 0. The van der Waals surface area contributed by atoms with Crippen molar-refractivity contribution in [1.82, 2.24) is 10.2 Å². The van der Waals surface area contributed by atoms with Gasteiger partial charge in [-0.2, -0.15) is 0 Å². The van der Waals surface area contributed by atoms with Gasteiger partial charge >= 0.3 is 5.97 Å². The average molecular weight is 248 g/mol. The first-order chi connectivity index (χ1) is 8.13. The van der Waals surface area contributed by atoms with E-state index in [-0.39, 0.29) is 32.1 Å². The van der Waals surface area contributed by atoms with E-state index in [4.69, 9.17) is 10.2 Å². The molecule has 0 aliphatic carbocycles. The van der Waals surface area contributed by atoms with Crippen molar-refractivity contribution in [2.24, 2.45) is 0 Å². The second-order valence-electron chi connectivity index (χ2n) is 3.39. The number of nitrogens with zero attached hydrogens (tertiary/aromatic N) is 1. The molecule has 0 aromatic carbocycles. The summed E-state index contributed by atoms with van der Waals surface area (Å²) >= 11 is 0. The summed E-state index contributed by atoms with van der Waals surface area (Å²) in [5.74, 6) is -0.766. The normalized spacial score (nSPS) is 10.4. The Kier molecular flexibility index (Phi) is 9.31. The van der Waals surface area contributed by atoms with E-state index in [9.17, 15) is 9.59 Å². The molecule has 1 amide bonds. The van der Waals surface area contributed by atoms with E-state index in [0.29, 0.717) is 19.6 Å². The van der Waals surface area contributed by atoms with Crippen LogP contribution < -0.4 is 5.32 Å². The van der Waals surface area contributed by atoms with Gasteiger partial charge in [-0.15, -0.1) is 0 Å².